The van der Waals surface area contributed by atoms with E-state index in [4.69, 9.17) is 9.47 Å². The Hall–Kier alpha value is -2.57. The van der Waals surface area contributed by atoms with E-state index < -0.39 is 23.4 Å². The molecule has 0 aliphatic rings. The highest BCUT2D eigenvalue weighted by molar-refractivity contribution is 5.95. The van der Waals surface area contributed by atoms with Crippen LogP contribution in [0, 0.1) is 0 Å². The van der Waals surface area contributed by atoms with Crippen molar-refractivity contribution in [3.8, 4) is 0 Å². The quantitative estimate of drug-likeness (QED) is 0.807. The number of amides is 2. The second-order valence-corrected chi connectivity index (χ2v) is 7.17. The van der Waals surface area contributed by atoms with Gasteiger partial charge in [-0.3, -0.25) is 15.4 Å². The maximum absolute atomic E-state index is 11.9. The van der Waals surface area contributed by atoms with Gasteiger partial charge < -0.3 is 9.47 Å². The van der Waals surface area contributed by atoms with E-state index in [0.29, 0.717) is 12.0 Å². The van der Waals surface area contributed by atoms with Crippen molar-refractivity contribution in [3.63, 3.8) is 0 Å². The van der Waals surface area contributed by atoms with Crippen LogP contribution in [-0.2, 0) is 9.47 Å². The Morgan fingerprint density at radius 1 is 0.917 bits per heavy atom. The highest BCUT2D eigenvalue weighted by atomic mass is 16.6. The lowest BCUT2D eigenvalue weighted by Gasteiger charge is -2.21. The fourth-order valence-corrected chi connectivity index (χ4v) is 1.68. The summed E-state index contributed by atoms with van der Waals surface area (Å²) in [6.07, 6.45) is -0.728. The molecule has 7 heteroatoms. The molecule has 0 atom stereocenters. The standard InChI is InChI=1S/C17H24N2O5/c1-16(2,3)23-14(21)18-12-8-7-11(10-20)13(9-12)19-15(22)24-17(4,5)6/h7-10H,1-6H3,(H,18,21)(H,19,22). The van der Waals surface area contributed by atoms with Crippen LogP contribution in [0.25, 0.3) is 0 Å². The van der Waals surface area contributed by atoms with Crippen LogP contribution in [0.5, 0.6) is 0 Å². The molecule has 2 amide bonds. The molecule has 132 valence electrons. The minimum absolute atomic E-state index is 0.229. The van der Waals surface area contributed by atoms with Crippen LogP contribution < -0.4 is 10.6 Å². The largest absolute Gasteiger partial charge is 0.444 e. The summed E-state index contributed by atoms with van der Waals surface area (Å²) in [6.45, 7) is 10.4. The molecule has 0 spiro atoms. The summed E-state index contributed by atoms with van der Waals surface area (Å²) in [7, 11) is 0. The molecule has 0 fully saturated rings. The molecule has 0 aliphatic heterocycles. The zero-order chi connectivity index (χ0) is 18.5. The molecule has 7 nitrogen and oxygen atoms in total. The molecule has 2 N–H and O–H groups in total. The number of carbonyl (C=O) groups is 3. The molecule has 0 heterocycles. The minimum Gasteiger partial charge on any atom is -0.444 e. The van der Waals surface area contributed by atoms with E-state index in [1.807, 2.05) is 0 Å². The number of rotatable bonds is 3. The first-order valence-electron chi connectivity index (χ1n) is 7.49. The first kappa shape index (κ1) is 19.5. The lowest BCUT2D eigenvalue weighted by atomic mass is 10.1. The van der Waals surface area contributed by atoms with Gasteiger partial charge in [-0.25, -0.2) is 9.59 Å². The summed E-state index contributed by atoms with van der Waals surface area (Å²) in [5, 5.41) is 5.04. The second kappa shape index (κ2) is 7.33. The Balaban J connectivity index is 2.90. The van der Waals surface area contributed by atoms with Crippen LogP contribution in [0.15, 0.2) is 18.2 Å². The number of hydrogen-bond donors (Lipinski definition) is 2. The van der Waals surface area contributed by atoms with E-state index in [9.17, 15) is 14.4 Å². The van der Waals surface area contributed by atoms with Crippen molar-refractivity contribution in [2.75, 3.05) is 10.6 Å². The number of nitrogens with one attached hydrogen (secondary N) is 2. The van der Waals surface area contributed by atoms with Gasteiger partial charge in [-0.05, 0) is 59.7 Å². The van der Waals surface area contributed by atoms with E-state index >= 15 is 0 Å². The van der Waals surface area contributed by atoms with E-state index in [0.717, 1.165) is 0 Å². The Labute approximate surface area is 141 Å². The van der Waals surface area contributed by atoms with E-state index in [1.165, 1.54) is 18.2 Å². The van der Waals surface area contributed by atoms with Crippen molar-refractivity contribution in [3.05, 3.63) is 23.8 Å². The van der Waals surface area contributed by atoms with Crippen molar-refractivity contribution in [1.29, 1.82) is 0 Å². The molecule has 0 bridgehead atoms. The second-order valence-electron chi connectivity index (χ2n) is 7.17. The maximum Gasteiger partial charge on any atom is 0.412 e. The molecule has 1 aromatic carbocycles. The Kier molecular flexibility index (Phi) is 5.95. The third-order valence-corrected chi connectivity index (χ3v) is 2.46. The van der Waals surface area contributed by atoms with Gasteiger partial charge in [-0.15, -0.1) is 0 Å². The van der Waals surface area contributed by atoms with E-state index in [1.54, 1.807) is 41.5 Å². The highest BCUT2D eigenvalue weighted by Gasteiger charge is 2.19. The zero-order valence-corrected chi connectivity index (χ0v) is 14.9. The van der Waals surface area contributed by atoms with Gasteiger partial charge in [0.05, 0.1) is 5.69 Å². The summed E-state index contributed by atoms with van der Waals surface area (Å²) in [5.41, 5.74) is -0.438. The van der Waals surface area contributed by atoms with Crippen LogP contribution in [0.2, 0.25) is 0 Å². The summed E-state index contributed by atoms with van der Waals surface area (Å²) in [5.74, 6) is 0. The van der Waals surface area contributed by atoms with E-state index in [-0.39, 0.29) is 11.3 Å². The summed E-state index contributed by atoms with van der Waals surface area (Å²) in [6, 6.07) is 4.47. The molecule has 0 unspecified atom stereocenters. The number of hydrogen-bond acceptors (Lipinski definition) is 5. The van der Waals surface area contributed by atoms with Crippen molar-refractivity contribution >= 4 is 29.8 Å². The van der Waals surface area contributed by atoms with Gasteiger partial charge in [0.15, 0.2) is 6.29 Å². The molecule has 1 aromatic rings. The number of anilines is 2. The molecule has 1 rings (SSSR count). The van der Waals surface area contributed by atoms with Crippen molar-refractivity contribution < 1.29 is 23.9 Å². The van der Waals surface area contributed by atoms with Gasteiger partial charge in [0, 0.05) is 11.3 Å². The Bertz CT molecular complexity index is 627. The van der Waals surface area contributed by atoms with Crippen LogP contribution in [0.1, 0.15) is 51.9 Å². The predicted octanol–water partition coefficient (Wildman–Crippen LogP) is 4.19. The average molecular weight is 336 g/mol. The molecule has 0 radical (unpaired) electrons. The fourth-order valence-electron chi connectivity index (χ4n) is 1.68. The molecule has 24 heavy (non-hydrogen) atoms. The monoisotopic (exact) mass is 336 g/mol. The van der Waals surface area contributed by atoms with Gasteiger partial charge in [0.1, 0.15) is 11.2 Å². The summed E-state index contributed by atoms with van der Waals surface area (Å²) < 4.78 is 10.3. The van der Waals surface area contributed by atoms with E-state index in [2.05, 4.69) is 10.6 Å². The third kappa shape index (κ3) is 7.13. The van der Waals surface area contributed by atoms with Gasteiger partial charge in [-0.2, -0.15) is 0 Å². The van der Waals surface area contributed by atoms with Gasteiger partial charge in [0.2, 0.25) is 0 Å². The highest BCUT2D eigenvalue weighted by Crippen LogP contribution is 2.21. The summed E-state index contributed by atoms with van der Waals surface area (Å²) >= 11 is 0. The van der Waals surface area contributed by atoms with Crippen molar-refractivity contribution in [2.45, 2.75) is 52.7 Å². The Morgan fingerprint density at radius 3 is 1.88 bits per heavy atom. The SMILES string of the molecule is CC(C)(C)OC(=O)Nc1ccc(C=O)c(NC(=O)OC(C)(C)C)c1. The molecular formula is C17H24N2O5. The number of aldehydes is 1. The normalized spacial score (nSPS) is 11.4. The minimum atomic E-state index is -0.694. The number of benzene rings is 1. The number of carbonyl (C=O) groups excluding carboxylic acids is 3. The van der Waals surface area contributed by atoms with Gasteiger partial charge in [0.25, 0.3) is 0 Å². The number of ether oxygens (including phenoxy) is 2. The fraction of sp³-hybridized carbons (Fsp3) is 0.471. The van der Waals surface area contributed by atoms with Crippen LogP contribution in [0.3, 0.4) is 0 Å². The van der Waals surface area contributed by atoms with Crippen LogP contribution in [-0.4, -0.2) is 29.7 Å². The smallest absolute Gasteiger partial charge is 0.412 e. The first-order valence-corrected chi connectivity index (χ1v) is 7.49. The zero-order valence-electron chi connectivity index (χ0n) is 14.9. The van der Waals surface area contributed by atoms with Gasteiger partial charge in [-0.1, -0.05) is 0 Å². The van der Waals surface area contributed by atoms with Gasteiger partial charge >= 0.3 is 12.2 Å². The Morgan fingerprint density at radius 2 is 1.42 bits per heavy atom. The molecule has 0 saturated heterocycles. The summed E-state index contributed by atoms with van der Waals surface area (Å²) in [4.78, 5) is 34.8. The lowest BCUT2D eigenvalue weighted by molar-refractivity contribution is 0.0625. The molecule has 0 aromatic heterocycles. The topological polar surface area (TPSA) is 93.7 Å². The predicted molar refractivity (Wildman–Crippen MR) is 91.5 cm³/mol. The molecule has 0 aliphatic carbocycles. The average Bonchev–Trinajstić information content (AvgIpc) is 2.34. The van der Waals surface area contributed by atoms with Crippen LogP contribution >= 0.6 is 0 Å². The first-order chi connectivity index (χ1) is 10.9. The third-order valence-electron chi connectivity index (χ3n) is 2.46. The van der Waals surface area contributed by atoms with Crippen LogP contribution in [0.4, 0.5) is 21.0 Å². The molecule has 0 saturated carbocycles. The maximum atomic E-state index is 11.9. The van der Waals surface area contributed by atoms with Crippen molar-refractivity contribution in [1.82, 2.24) is 0 Å². The lowest BCUT2D eigenvalue weighted by Crippen LogP contribution is -2.28. The molecular weight excluding hydrogens is 312 g/mol. The van der Waals surface area contributed by atoms with Crippen molar-refractivity contribution in [2.24, 2.45) is 0 Å².